The van der Waals surface area contributed by atoms with Crippen LogP contribution < -0.4 is 10.2 Å². The van der Waals surface area contributed by atoms with Gasteiger partial charge in [0.2, 0.25) is 5.91 Å². The number of carbonyl (C=O) groups excluding carboxylic acids is 2. The Kier molecular flexibility index (Phi) is 5.84. The van der Waals surface area contributed by atoms with Gasteiger partial charge in [0.25, 0.3) is 5.24 Å². The second-order valence-corrected chi connectivity index (χ2v) is 8.33. The van der Waals surface area contributed by atoms with Gasteiger partial charge in [0.05, 0.1) is 5.69 Å². The lowest BCUT2D eigenvalue weighted by Crippen LogP contribution is -2.38. The normalized spacial score (nSPS) is 14.7. The lowest BCUT2D eigenvalue weighted by Gasteiger charge is -2.32. The summed E-state index contributed by atoms with van der Waals surface area (Å²) in [7, 11) is 3.42. The first-order chi connectivity index (χ1) is 14.5. The summed E-state index contributed by atoms with van der Waals surface area (Å²) in [6.45, 7) is 1.49. The van der Waals surface area contributed by atoms with E-state index >= 15 is 0 Å². The molecule has 1 aliphatic rings. The van der Waals surface area contributed by atoms with Crippen molar-refractivity contribution in [2.45, 2.75) is 17.7 Å². The minimum absolute atomic E-state index is 0.0118. The number of carbonyl (C=O) groups is 2. The number of rotatable bonds is 4. The molecule has 1 aromatic carbocycles. The molecular weight excluding hydrogens is 402 g/mol. The summed E-state index contributed by atoms with van der Waals surface area (Å²) in [4.78, 5) is 29.3. The Morgan fingerprint density at radius 1 is 1.13 bits per heavy atom. The van der Waals surface area contributed by atoms with Gasteiger partial charge in [0.1, 0.15) is 12.1 Å². The van der Waals surface area contributed by atoms with Crippen molar-refractivity contribution in [1.29, 1.82) is 0 Å². The summed E-state index contributed by atoms with van der Waals surface area (Å²) in [5.74, 6) is 0.759. The molecule has 1 aliphatic heterocycles. The molecule has 10 heteroatoms. The smallest absolute Gasteiger partial charge is 0.286 e. The van der Waals surface area contributed by atoms with E-state index in [1.165, 1.54) is 4.90 Å². The molecule has 30 heavy (non-hydrogen) atoms. The zero-order chi connectivity index (χ0) is 21.1. The van der Waals surface area contributed by atoms with E-state index < -0.39 is 0 Å². The Hall–Kier alpha value is -3.14. The fraction of sp³-hybridized carbons (Fsp3) is 0.350. The molecule has 0 bridgehead atoms. The average Bonchev–Trinajstić information content (AvgIpc) is 3.23. The zero-order valence-corrected chi connectivity index (χ0v) is 17.7. The molecule has 0 radical (unpaired) electrons. The number of aromatic nitrogens is 4. The SMILES string of the molecule is CN(C)C(=O)Sc1ccccc1NC(=O)C1CCN(c2ccc3nncn3n2)CC1. The van der Waals surface area contributed by atoms with E-state index in [4.69, 9.17) is 0 Å². The summed E-state index contributed by atoms with van der Waals surface area (Å²) >= 11 is 1.11. The highest BCUT2D eigenvalue weighted by Gasteiger charge is 2.26. The third kappa shape index (κ3) is 4.38. The van der Waals surface area contributed by atoms with Crippen LogP contribution >= 0.6 is 11.8 Å². The molecule has 4 rings (SSSR count). The molecule has 156 valence electrons. The third-order valence-corrected chi connectivity index (χ3v) is 6.16. The highest BCUT2D eigenvalue weighted by molar-refractivity contribution is 8.13. The van der Waals surface area contributed by atoms with Crippen LogP contribution in [0.3, 0.4) is 0 Å². The summed E-state index contributed by atoms with van der Waals surface area (Å²) < 4.78 is 1.65. The van der Waals surface area contributed by atoms with Gasteiger partial charge in [-0.2, -0.15) is 4.52 Å². The first-order valence-electron chi connectivity index (χ1n) is 9.72. The molecule has 9 nitrogen and oxygen atoms in total. The maximum absolute atomic E-state index is 12.9. The number of hydrogen-bond acceptors (Lipinski definition) is 7. The van der Waals surface area contributed by atoms with Crippen LogP contribution in [0.25, 0.3) is 5.65 Å². The Labute approximate surface area is 178 Å². The number of nitrogens with one attached hydrogen (secondary N) is 1. The first-order valence-corrected chi connectivity index (χ1v) is 10.5. The number of para-hydroxylation sites is 1. The summed E-state index contributed by atoms with van der Waals surface area (Å²) in [5, 5.41) is 15.3. The fourth-order valence-corrected chi connectivity index (χ4v) is 4.08. The molecule has 3 heterocycles. The molecule has 1 saturated heterocycles. The van der Waals surface area contributed by atoms with E-state index in [0.717, 1.165) is 48.4 Å². The minimum Gasteiger partial charge on any atom is -0.355 e. The van der Waals surface area contributed by atoms with Crippen molar-refractivity contribution >= 4 is 40.1 Å². The maximum Gasteiger partial charge on any atom is 0.286 e. The minimum atomic E-state index is -0.0810. The van der Waals surface area contributed by atoms with E-state index in [2.05, 4.69) is 25.5 Å². The summed E-state index contributed by atoms with van der Waals surface area (Å²) in [6, 6.07) is 11.2. The highest BCUT2D eigenvalue weighted by Crippen LogP contribution is 2.30. The molecule has 0 atom stereocenters. The average molecular weight is 426 g/mol. The van der Waals surface area contributed by atoms with Crippen molar-refractivity contribution in [3.63, 3.8) is 0 Å². The zero-order valence-electron chi connectivity index (χ0n) is 16.9. The van der Waals surface area contributed by atoms with Crippen LogP contribution in [-0.2, 0) is 4.79 Å². The predicted octanol–water partition coefficient (Wildman–Crippen LogP) is 2.75. The quantitative estimate of drug-likeness (QED) is 0.642. The van der Waals surface area contributed by atoms with Crippen LogP contribution in [0.15, 0.2) is 47.6 Å². The number of thioether (sulfide) groups is 1. The molecule has 1 N–H and O–H groups in total. The summed E-state index contributed by atoms with van der Waals surface area (Å²) in [6.07, 6.45) is 3.05. The van der Waals surface area contributed by atoms with Crippen LogP contribution in [0.5, 0.6) is 0 Å². The Morgan fingerprint density at radius 3 is 2.67 bits per heavy atom. The van der Waals surface area contributed by atoms with Gasteiger partial charge < -0.3 is 15.1 Å². The number of piperidine rings is 1. The van der Waals surface area contributed by atoms with Gasteiger partial charge in [-0.1, -0.05) is 12.1 Å². The Bertz CT molecular complexity index is 1060. The molecule has 0 saturated carbocycles. The number of fused-ring (bicyclic) bond motifs is 1. The predicted molar refractivity (Wildman–Crippen MR) is 116 cm³/mol. The lowest BCUT2D eigenvalue weighted by molar-refractivity contribution is -0.120. The van der Waals surface area contributed by atoms with Gasteiger partial charge in [-0.25, -0.2) is 0 Å². The maximum atomic E-state index is 12.9. The van der Waals surface area contributed by atoms with Crippen LogP contribution in [0.1, 0.15) is 12.8 Å². The van der Waals surface area contributed by atoms with E-state index in [1.807, 2.05) is 36.4 Å². The van der Waals surface area contributed by atoms with Gasteiger partial charge in [-0.05, 0) is 48.9 Å². The Morgan fingerprint density at radius 2 is 1.90 bits per heavy atom. The van der Waals surface area contributed by atoms with Gasteiger partial charge in [0, 0.05) is 38.0 Å². The lowest BCUT2D eigenvalue weighted by atomic mass is 9.96. The van der Waals surface area contributed by atoms with E-state index in [1.54, 1.807) is 24.9 Å². The molecule has 3 aromatic rings. The monoisotopic (exact) mass is 425 g/mol. The van der Waals surface area contributed by atoms with Gasteiger partial charge in [0.15, 0.2) is 5.65 Å². The summed E-state index contributed by atoms with van der Waals surface area (Å²) in [5.41, 5.74) is 1.38. The van der Waals surface area contributed by atoms with E-state index in [0.29, 0.717) is 11.3 Å². The molecular formula is C20H23N7O2S. The molecule has 0 spiro atoms. The largest absolute Gasteiger partial charge is 0.355 e. The molecule has 0 unspecified atom stereocenters. The van der Waals surface area contributed by atoms with Crippen LogP contribution in [0.2, 0.25) is 0 Å². The highest BCUT2D eigenvalue weighted by atomic mass is 32.2. The van der Waals surface area contributed by atoms with Crippen molar-refractivity contribution in [3.05, 3.63) is 42.7 Å². The first kappa shape index (κ1) is 20.1. The number of amides is 2. The van der Waals surface area contributed by atoms with Crippen molar-refractivity contribution in [3.8, 4) is 0 Å². The van der Waals surface area contributed by atoms with Crippen molar-refractivity contribution < 1.29 is 9.59 Å². The number of benzene rings is 1. The molecule has 2 amide bonds. The third-order valence-electron chi connectivity index (χ3n) is 5.04. The second kappa shape index (κ2) is 8.70. The van der Waals surface area contributed by atoms with Crippen molar-refractivity contribution in [2.75, 3.05) is 37.4 Å². The number of nitrogens with zero attached hydrogens (tertiary/aromatic N) is 6. The van der Waals surface area contributed by atoms with Gasteiger partial charge in [-0.15, -0.1) is 15.3 Å². The molecule has 1 fully saturated rings. The topological polar surface area (TPSA) is 95.7 Å². The molecule has 0 aliphatic carbocycles. The molecule has 2 aromatic heterocycles. The van der Waals surface area contributed by atoms with Gasteiger partial charge in [-0.3, -0.25) is 9.59 Å². The van der Waals surface area contributed by atoms with E-state index in [9.17, 15) is 9.59 Å². The van der Waals surface area contributed by atoms with Crippen LogP contribution in [0.4, 0.5) is 16.3 Å². The Balaban J connectivity index is 1.37. The van der Waals surface area contributed by atoms with Crippen molar-refractivity contribution in [1.82, 2.24) is 24.7 Å². The van der Waals surface area contributed by atoms with Crippen LogP contribution in [0, 0.1) is 5.92 Å². The fourth-order valence-electron chi connectivity index (χ4n) is 3.34. The van der Waals surface area contributed by atoms with Crippen LogP contribution in [-0.4, -0.2) is 63.0 Å². The second-order valence-electron chi connectivity index (χ2n) is 7.33. The van der Waals surface area contributed by atoms with E-state index in [-0.39, 0.29) is 17.1 Å². The standard InChI is InChI=1S/C20H23N7O2S/c1-25(2)20(29)30-16-6-4-3-5-15(16)22-19(28)14-9-11-26(12-10-14)18-8-7-17-23-21-13-27(17)24-18/h3-8,13-14H,9-12H2,1-2H3,(H,22,28). The van der Waals surface area contributed by atoms with Gasteiger partial charge >= 0.3 is 0 Å². The number of hydrogen-bond donors (Lipinski definition) is 1. The number of anilines is 2. The van der Waals surface area contributed by atoms with Crippen molar-refractivity contribution in [2.24, 2.45) is 5.92 Å².